The maximum absolute atomic E-state index is 13.7. The lowest BCUT2D eigenvalue weighted by Crippen LogP contribution is -2.46. The van der Waals surface area contributed by atoms with E-state index >= 15 is 0 Å². The van der Waals surface area contributed by atoms with Crippen molar-refractivity contribution in [2.45, 2.75) is 32.6 Å². The average Bonchev–Trinajstić information content (AvgIpc) is 3.19. The Hall–Kier alpha value is -3.65. The Labute approximate surface area is 174 Å². The van der Waals surface area contributed by atoms with Crippen molar-refractivity contribution >= 4 is 0 Å². The molecule has 0 fully saturated rings. The Kier molecular flexibility index (Phi) is 6.12. The van der Waals surface area contributed by atoms with Gasteiger partial charge in [0.25, 0.3) is 5.56 Å². The van der Waals surface area contributed by atoms with Gasteiger partial charge in [0.05, 0.1) is 34.8 Å². The van der Waals surface area contributed by atoms with Crippen LogP contribution in [0.25, 0.3) is 16.9 Å². The predicted molar refractivity (Wildman–Crippen MR) is 105 cm³/mol. The second-order valence-electron chi connectivity index (χ2n) is 6.72. The van der Waals surface area contributed by atoms with Crippen molar-refractivity contribution in [2.75, 3.05) is 6.61 Å². The molecule has 1 aromatic carbocycles. The van der Waals surface area contributed by atoms with Gasteiger partial charge in [0.2, 0.25) is 0 Å². The van der Waals surface area contributed by atoms with E-state index in [1.165, 1.54) is 29.1 Å². The van der Waals surface area contributed by atoms with Gasteiger partial charge < -0.3 is 5.11 Å². The third-order valence-electron chi connectivity index (χ3n) is 4.76. The van der Waals surface area contributed by atoms with Gasteiger partial charge in [-0.3, -0.25) is 9.36 Å². The number of nitrogens with zero attached hydrogens (tertiary/aromatic N) is 5. The Balaban J connectivity index is 2.28. The normalized spacial score (nSPS) is 11.5. The van der Waals surface area contributed by atoms with E-state index in [0.29, 0.717) is 15.8 Å². The quantitative estimate of drug-likeness (QED) is 0.601. The highest BCUT2D eigenvalue weighted by Gasteiger charge is 2.37. The molecule has 2 aromatic heterocycles. The molecule has 0 aliphatic carbocycles. The molecule has 0 amide bonds. The molecule has 0 spiro atoms. The molecular formula is C20H18F3N5O3. The van der Waals surface area contributed by atoms with Crippen molar-refractivity contribution < 1.29 is 18.3 Å². The molecule has 0 atom stereocenters. The molecule has 0 aliphatic heterocycles. The first-order valence-corrected chi connectivity index (χ1v) is 9.30. The second kappa shape index (κ2) is 8.61. The molecular weight excluding hydrogens is 415 g/mol. The Morgan fingerprint density at radius 3 is 2.39 bits per heavy atom. The lowest BCUT2D eigenvalue weighted by atomic mass is 10.1. The van der Waals surface area contributed by atoms with E-state index in [2.05, 4.69) is 5.10 Å². The lowest BCUT2D eigenvalue weighted by molar-refractivity contribution is -0.208. The minimum atomic E-state index is -5.04. The first-order valence-electron chi connectivity index (χ1n) is 9.30. The van der Waals surface area contributed by atoms with Crippen molar-refractivity contribution in [3.63, 3.8) is 0 Å². The van der Waals surface area contributed by atoms with Crippen LogP contribution in [0, 0.1) is 18.3 Å². The molecule has 8 nitrogen and oxygen atoms in total. The van der Waals surface area contributed by atoms with Gasteiger partial charge >= 0.3 is 12.0 Å². The van der Waals surface area contributed by atoms with Gasteiger partial charge in [0.15, 0.2) is 0 Å². The van der Waals surface area contributed by atoms with Gasteiger partial charge in [-0.25, -0.2) is 14.0 Å². The Bertz CT molecular complexity index is 1250. The highest BCUT2D eigenvalue weighted by Crippen LogP contribution is 2.27. The third kappa shape index (κ3) is 4.15. The monoisotopic (exact) mass is 433 g/mol. The molecule has 0 saturated heterocycles. The first-order chi connectivity index (χ1) is 14.7. The number of halogens is 3. The first kappa shape index (κ1) is 22.0. The SMILES string of the molecule is Cc1c(-c2ccnn2-c2ccc(C#N)cc2)c(=O)n(CCCCO)c(=O)n1C(F)(F)F. The molecule has 3 aromatic rings. The fourth-order valence-electron chi connectivity index (χ4n) is 3.30. The highest BCUT2D eigenvalue weighted by atomic mass is 19.4. The third-order valence-corrected chi connectivity index (χ3v) is 4.76. The van der Waals surface area contributed by atoms with Gasteiger partial charge in [0.1, 0.15) is 0 Å². The van der Waals surface area contributed by atoms with E-state index < -0.39 is 23.2 Å². The fourth-order valence-corrected chi connectivity index (χ4v) is 3.30. The van der Waals surface area contributed by atoms with Crippen LogP contribution < -0.4 is 11.2 Å². The van der Waals surface area contributed by atoms with Crippen molar-refractivity contribution in [3.8, 4) is 23.0 Å². The summed E-state index contributed by atoms with van der Waals surface area (Å²) in [6.07, 6.45) is -3.33. The number of hydrogen-bond donors (Lipinski definition) is 1. The minimum absolute atomic E-state index is 0.0705. The summed E-state index contributed by atoms with van der Waals surface area (Å²) in [5, 5.41) is 22.0. The van der Waals surface area contributed by atoms with Crippen LogP contribution in [0.2, 0.25) is 0 Å². The van der Waals surface area contributed by atoms with Crippen molar-refractivity contribution in [1.29, 1.82) is 5.26 Å². The van der Waals surface area contributed by atoms with Crippen LogP contribution in [-0.4, -0.2) is 30.6 Å². The highest BCUT2D eigenvalue weighted by molar-refractivity contribution is 5.63. The number of hydrogen-bond acceptors (Lipinski definition) is 5. The summed E-state index contributed by atoms with van der Waals surface area (Å²) in [5.74, 6) is 0. The van der Waals surface area contributed by atoms with E-state index in [4.69, 9.17) is 10.4 Å². The molecule has 0 aliphatic rings. The number of rotatable bonds is 6. The number of unbranched alkanes of at least 4 members (excludes halogenated alkanes) is 1. The summed E-state index contributed by atoms with van der Waals surface area (Å²) in [4.78, 5) is 25.6. The summed E-state index contributed by atoms with van der Waals surface area (Å²) in [7, 11) is 0. The summed E-state index contributed by atoms with van der Waals surface area (Å²) in [6, 6.07) is 9.46. The van der Waals surface area contributed by atoms with E-state index in [1.807, 2.05) is 6.07 Å². The number of aromatic nitrogens is 4. The smallest absolute Gasteiger partial charge is 0.396 e. The maximum Gasteiger partial charge on any atom is 0.492 e. The van der Waals surface area contributed by atoms with Crippen LogP contribution in [0.5, 0.6) is 0 Å². The molecule has 31 heavy (non-hydrogen) atoms. The predicted octanol–water partition coefficient (Wildman–Crippen LogP) is 2.29. The zero-order valence-corrected chi connectivity index (χ0v) is 16.4. The summed E-state index contributed by atoms with van der Waals surface area (Å²) in [6.45, 7) is 0.568. The molecule has 0 unspecified atom stereocenters. The average molecular weight is 433 g/mol. The number of aliphatic hydroxyl groups is 1. The summed E-state index contributed by atoms with van der Waals surface area (Å²) >= 11 is 0. The number of nitriles is 1. The number of benzene rings is 1. The molecule has 1 N–H and O–H groups in total. The Morgan fingerprint density at radius 2 is 1.81 bits per heavy atom. The van der Waals surface area contributed by atoms with E-state index in [1.54, 1.807) is 12.1 Å². The van der Waals surface area contributed by atoms with Gasteiger partial charge in [-0.2, -0.15) is 10.4 Å². The van der Waals surface area contributed by atoms with Gasteiger partial charge in [-0.05, 0) is 50.1 Å². The van der Waals surface area contributed by atoms with Gasteiger partial charge in [-0.15, -0.1) is 13.2 Å². The van der Waals surface area contributed by atoms with Crippen LogP contribution in [0.1, 0.15) is 24.1 Å². The van der Waals surface area contributed by atoms with Gasteiger partial charge in [-0.1, -0.05) is 0 Å². The van der Waals surface area contributed by atoms with Crippen LogP contribution in [-0.2, 0) is 12.8 Å². The van der Waals surface area contributed by atoms with Crippen LogP contribution in [0.3, 0.4) is 0 Å². The number of aliphatic hydroxyl groups excluding tert-OH is 1. The van der Waals surface area contributed by atoms with Crippen LogP contribution >= 0.6 is 0 Å². The zero-order chi connectivity index (χ0) is 22.8. The largest absolute Gasteiger partial charge is 0.492 e. The van der Waals surface area contributed by atoms with E-state index in [-0.39, 0.29) is 41.8 Å². The molecule has 0 radical (unpaired) electrons. The van der Waals surface area contributed by atoms with Crippen molar-refractivity contribution in [2.24, 2.45) is 0 Å². The summed E-state index contributed by atoms with van der Waals surface area (Å²) < 4.78 is 42.5. The molecule has 2 heterocycles. The standard InChI is InChI=1S/C20H18F3N5O3/c1-13-17(16-8-9-25-28(16)15-6-4-14(12-24)5-7-15)18(30)26(10-2-3-11-29)19(31)27(13)20(21,22)23/h4-9,29H,2-3,10-11H2,1H3. The topological polar surface area (TPSA) is 106 Å². The van der Waals surface area contributed by atoms with Gasteiger partial charge in [0, 0.05) is 18.8 Å². The fraction of sp³-hybridized carbons (Fsp3) is 0.300. The Morgan fingerprint density at radius 1 is 1.13 bits per heavy atom. The minimum Gasteiger partial charge on any atom is -0.396 e. The van der Waals surface area contributed by atoms with Crippen molar-refractivity contribution in [3.05, 3.63) is 68.6 Å². The van der Waals surface area contributed by atoms with Crippen LogP contribution in [0.4, 0.5) is 13.2 Å². The van der Waals surface area contributed by atoms with E-state index in [9.17, 15) is 22.8 Å². The summed E-state index contributed by atoms with van der Waals surface area (Å²) in [5.41, 5.74) is -2.36. The second-order valence-corrected chi connectivity index (χ2v) is 6.72. The molecule has 0 saturated carbocycles. The lowest BCUT2D eigenvalue weighted by Gasteiger charge is -2.19. The van der Waals surface area contributed by atoms with Crippen molar-refractivity contribution in [1.82, 2.24) is 18.9 Å². The zero-order valence-electron chi connectivity index (χ0n) is 16.4. The molecule has 0 bridgehead atoms. The van der Waals surface area contributed by atoms with E-state index in [0.717, 1.165) is 6.92 Å². The molecule has 11 heteroatoms. The number of alkyl halides is 3. The molecule has 162 valence electrons. The van der Waals surface area contributed by atoms with Crippen LogP contribution in [0.15, 0.2) is 46.1 Å². The molecule has 3 rings (SSSR count). The maximum atomic E-state index is 13.7.